The van der Waals surface area contributed by atoms with Crippen LogP contribution in [-0.4, -0.2) is 48.4 Å². The van der Waals surface area contributed by atoms with E-state index in [4.69, 9.17) is 0 Å². The molecule has 8 heteroatoms. The number of urea groups is 1. The van der Waals surface area contributed by atoms with Crippen LogP contribution in [-0.2, 0) is 15.1 Å². The number of benzene rings is 2. The molecule has 1 unspecified atom stereocenters. The van der Waals surface area contributed by atoms with E-state index >= 15 is 0 Å². The molecule has 2 aromatic carbocycles. The SMILES string of the molecule is CNC(=O)N1CCCC[C@@H]1C(=O)N(c1cccc(F)c1)[C@@]1(c2ccccc2C)CC1C(=O)NC1CCCCC1. The summed E-state index contributed by atoms with van der Waals surface area (Å²) in [5.41, 5.74) is 1.28. The van der Waals surface area contributed by atoms with Gasteiger partial charge in [-0.2, -0.15) is 0 Å². The molecule has 4 amide bonds. The summed E-state index contributed by atoms with van der Waals surface area (Å²) < 4.78 is 14.7. The number of aryl methyl sites for hydroxylation is 1. The van der Waals surface area contributed by atoms with Gasteiger partial charge in [0.05, 0.1) is 11.5 Å². The number of amides is 4. The number of anilines is 1. The molecule has 2 saturated carbocycles. The van der Waals surface area contributed by atoms with Gasteiger partial charge < -0.3 is 15.5 Å². The summed E-state index contributed by atoms with van der Waals surface area (Å²) in [7, 11) is 1.56. The summed E-state index contributed by atoms with van der Waals surface area (Å²) in [4.78, 5) is 44.4. The van der Waals surface area contributed by atoms with Crippen LogP contribution < -0.4 is 15.5 Å². The highest BCUT2D eigenvalue weighted by atomic mass is 19.1. The molecule has 3 fully saturated rings. The third-order valence-corrected chi connectivity index (χ3v) is 8.76. The maximum absolute atomic E-state index is 14.7. The Kier molecular flexibility index (Phi) is 7.91. The second kappa shape index (κ2) is 11.4. The summed E-state index contributed by atoms with van der Waals surface area (Å²) in [6, 6.07) is 13.0. The Morgan fingerprint density at radius 3 is 2.44 bits per heavy atom. The molecular weight excluding hydrogens is 495 g/mol. The first-order valence-electron chi connectivity index (χ1n) is 14.3. The van der Waals surface area contributed by atoms with E-state index in [1.807, 2.05) is 31.2 Å². The van der Waals surface area contributed by atoms with Crippen LogP contribution in [0.5, 0.6) is 0 Å². The first kappa shape index (κ1) is 27.2. The Bertz CT molecular complexity index is 1230. The topological polar surface area (TPSA) is 81.8 Å². The van der Waals surface area contributed by atoms with Crippen molar-refractivity contribution in [2.45, 2.75) is 82.3 Å². The molecule has 0 aromatic heterocycles. The van der Waals surface area contributed by atoms with Gasteiger partial charge in [0.2, 0.25) is 5.91 Å². The summed E-state index contributed by atoms with van der Waals surface area (Å²) >= 11 is 0. The maximum Gasteiger partial charge on any atom is 0.317 e. The Labute approximate surface area is 230 Å². The minimum absolute atomic E-state index is 0.0637. The lowest BCUT2D eigenvalue weighted by atomic mass is 9.91. The molecule has 39 heavy (non-hydrogen) atoms. The second-order valence-electron chi connectivity index (χ2n) is 11.3. The van der Waals surface area contributed by atoms with E-state index in [0.717, 1.165) is 49.7 Å². The molecule has 208 valence electrons. The predicted octanol–water partition coefficient (Wildman–Crippen LogP) is 5.03. The van der Waals surface area contributed by atoms with Gasteiger partial charge >= 0.3 is 6.03 Å². The van der Waals surface area contributed by atoms with Gasteiger partial charge in [-0.25, -0.2) is 9.18 Å². The summed E-state index contributed by atoms with van der Waals surface area (Å²) in [6.07, 6.45) is 7.89. The van der Waals surface area contributed by atoms with Crippen LogP contribution in [0.4, 0.5) is 14.9 Å². The minimum Gasteiger partial charge on any atom is -0.353 e. The van der Waals surface area contributed by atoms with Crippen molar-refractivity contribution in [1.29, 1.82) is 0 Å². The highest BCUT2D eigenvalue weighted by molar-refractivity contribution is 6.03. The van der Waals surface area contributed by atoms with Gasteiger partial charge in [-0.3, -0.25) is 14.5 Å². The monoisotopic (exact) mass is 534 g/mol. The van der Waals surface area contributed by atoms with Crippen LogP contribution in [0.2, 0.25) is 0 Å². The van der Waals surface area contributed by atoms with Crippen molar-refractivity contribution in [3.63, 3.8) is 0 Å². The summed E-state index contributed by atoms with van der Waals surface area (Å²) in [5.74, 6) is -1.28. The molecule has 3 atom stereocenters. The Morgan fingerprint density at radius 1 is 0.974 bits per heavy atom. The minimum atomic E-state index is -0.971. The van der Waals surface area contributed by atoms with Gasteiger partial charge in [0.1, 0.15) is 11.9 Å². The molecule has 2 aliphatic carbocycles. The largest absolute Gasteiger partial charge is 0.353 e. The van der Waals surface area contributed by atoms with E-state index in [1.165, 1.54) is 18.6 Å². The number of piperidine rings is 1. The van der Waals surface area contributed by atoms with Crippen LogP contribution >= 0.6 is 0 Å². The van der Waals surface area contributed by atoms with Gasteiger partial charge in [-0.1, -0.05) is 49.6 Å². The standard InChI is InChI=1S/C31H39FN4O3/c1-21-11-6-7-16-25(21)31(20-26(31)28(37)34-23-13-4-3-5-14-23)36(24-15-10-12-22(32)19-24)29(38)27-17-8-9-18-35(27)30(39)33-2/h6-7,10-12,15-16,19,23,26-27H,3-5,8-9,13-14,17-18,20H2,1-2H3,(H,33,39)(H,34,37)/t26?,27-,31-/m1/s1. The number of nitrogens with zero attached hydrogens (tertiary/aromatic N) is 2. The molecule has 0 bridgehead atoms. The Hall–Kier alpha value is -3.42. The first-order valence-corrected chi connectivity index (χ1v) is 14.3. The Morgan fingerprint density at radius 2 is 1.72 bits per heavy atom. The van der Waals surface area contributed by atoms with Crippen molar-refractivity contribution >= 4 is 23.5 Å². The van der Waals surface area contributed by atoms with Crippen LogP contribution in [0, 0.1) is 18.7 Å². The highest BCUT2D eigenvalue weighted by Crippen LogP contribution is 2.59. The van der Waals surface area contributed by atoms with Crippen molar-refractivity contribution in [2.24, 2.45) is 5.92 Å². The van der Waals surface area contributed by atoms with Crippen molar-refractivity contribution in [2.75, 3.05) is 18.5 Å². The van der Waals surface area contributed by atoms with Gasteiger partial charge in [0.25, 0.3) is 5.91 Å². The van der Waals surface area contributed by atoms with Crippen molar-refractivity contribution in [3.05, 3.63) is 65.5 Å². The van der Waals surface area contributed by atoms with E-state index < -0.39 is 23.3 Å². The molecule has 2 aromatic rings. The van der Waals surface area contributed by atoms with Gasteiger partial charge in [0.15, 0.2) is 0 Å². The number of carbonyl (C=O) groups excluding carboxylic acids is 3. The number of nitrogens with one attached hydrogen (secondary N) is 2. The van der Waals surface area contributed by atoms with E-state index in [0.29, 0.717) is 25.1 Å². The van der Waals surface area contributed by atoms with E-state index in [9.17, 15) is 18.8 Å². The van der Waals surface area contributed by atoms with E-state index in [1.54, 1.807) is 29.0 Å². The number of hydrogen-bond acceptors (Lipinski definition) is 3. The lowest BCUT2D eigenvalue weighted by Gasteiger charge is -2.41. The fourth-order valence-corrected chi connectivity index (χ4v) is 6.73. The number of likely N-dealkylation sites (tertiary alicyclic amines) is 1. The zero-order valence-electron chi connectivity index (χ0n) is 22.9. The van der Waals surface area contributed by atoms with Crippen LogP contribution in [0.3, 0.4) is 0 Å². The lowest BCUT2D eigenvalue weighted by molar-refractivity contribution is -0.125. The normalized spacial score (nSPS) is 25.1. The average molecular weight is 535 g/mol. The summed E-state index contributed by atoms with van der Waals surface area (Å²) in [6.45, 7) is 2.45. The van der Waals surface area contributed by atoms with Crippen molar-refractivity contribution in [3.8, 4) is 0 Å². The second-order valence-corrected chi connectivity index (χ2v) is 11.3. The van der Waals surface area contributed by atoms with Gasteiger partial charge in [-0.15, -0.1) is 0 Å². The van der Waals surface area contributed by atoms with Crippen molar-refractivity contribution < 1.29 is 18.8 Å². The molecule has 0 spiro atoms. The van der Waals surface area contributed by atoms with Gasteiger partial charge in [-0.05, 0) is 74.8 Å². The summed E-state index contributed by atoms with van der Waals surface area (Å²) in [5, 5.41) is 5.94. The average Bonchev–Trinajstić information content (AvgIpc) is 3.69. The molecule has 1 aliphatic heterocycles. The highest BCUT2D eigenvalue weighted by Gasteiger charge is 2.66. The molecule has 3 aliphatic rings. The third kappa shape index (κ3) is 5.25. The zero-order chi connectivity index (χ0) is 27.6. The fraction of sp³-hybridized carbons (Fsp3) is 0.516. The van der Waals surface area contributed by atoms with Gasteiger partial charge in [0, 0.05) is 25.3 Å². The number of halogens is 1. The molecule has 1 saturated heterocycles. The molecular formula is C31H39FN4O3. The van der Waals surface area contributed by atoms with Crippen LogP contribution in [0.15, 0.2) is 48.5 Å². The lowest BCUT2D eigenvalue weighted by Crippen LogP contribution is -2.58. The third-order valence-electron chi connectivity index (χ3n) is 8.76. The number of rotatable bonds is 6. The van der Waals surface area contributed by atoms with E-state index in [-0.39, 0.29) is 23.9 Å². The number of hydrogen-bond donors (Lipinski definition) is 2. The number of carbonyl (C=O) groups is 3. The molecule has 7 nitrogen and oxygen atoms in total. The zero-order valence-corrected chi connectivity index (χ0v) is 22.9. The van der Waals surface area contributed by atoms with Crippen molar-refractivity contribution in [1.82, 2.24) is 15.5 Å². The van der Waals surface area contributed by atoms with Crippen LogP contribution in [0.25, 0.3) is 0 Å². The van der Waals surface area contributed by atoms with Crippen LogP contribution in [0.1, 0.15) is 68.9 Å². The predicted molar refractivity (Wildman–Crippen MR) is 149 cm³/mol. The fourth-order valence-electron chi connectivity index (χ4n) is 6.73. The molecule has 0 radical (unpaired) electrons. The molecule has 1 heterocycles. The first-order chi connectivity index (χ1) is 18.9. The molecule has 5 rings (SSSR count). The maximum atomic E-state index is 14.7. The molecule has 2 N–H and O–H groups in total. The van der Waals surface area contributed by atoms with E-state index in [2.05, 4.69) is 10.6 Å². The quantitative estimate of drug-likeness (QED) is 0.546. The Balaban J connectivity index is 1.59. The smallest absolute Gasteiger partial charge is 0.317 e.